The highest BCUT2D eigenvalue weighted by Crippen LogP contribution is 2.60. The Labute approximate surface area is 91.7 Å². The summed E-state index contributed by atoms with van der Waals surface area (Å²) < 4.78 is 0. The first-order chi connectivity index (χ1) is 7.20. The molecule has 80 valence electrons. The largest absolute Gasteiger partial charge is 0.324 e. The number of fused-ring (bicyclic) bond motifs is 1. The van der Waals surface area contributed by atoms with E-state index >= 15 is 0 Å². The highest BCUT2D eigenvalue weighted by molar-refractivity contribution is 5.29. The van der Waals surface area contributed by atoms with Crippen molar-refractivity contribution >= 4 is 0 Å². The summed E-state index contributed by atoms with van der Waals surface area (Å²) in [6, 6.07) is 8.80. The predicted octanol–water partition coefficient (Wildman–Crippen LogP) is 2.66. The fraction of sp³-hybridized carbons (Fsp3) is 0.571. The minimum Gasteiger partial charge on any atom is -0.324 e. The molecule has 3 rings (SSSR count). The Hall–Kier alpha value is -0.820. The molecule has 0 heterocycles. The molecule has 2 aliphatic carbocycles. The maximum absolute atomic E-state index is 6.48. The van der Waals surface area contributed by atoms with Gasteiger partial charge in [0.15, 0.2) is 0 Å². The third-order valence-electron chi connectivity index (χ3n) is 4.38. The second-order valence-electron chi connectivity index (χ2n) is 5.42. The van der Waals surface area contributed by atoms with Crippen LogP contribution in [0.25, 0.3) is 0 Å². The number of benzene rings is 1. The van der Waals surface area contributed by atoms with E-state index in [9.17, 15) is 0 Å². The highest BCUT2D eigenvalue weighted by Gasteiger charge is 2.62. The van der Waals surface area contributed by atoms with E-state index in [4.69, 9.17) is 5.73 Å². The fourth-order valence-electron chi connectivity index (χ4n) is 3.56. The summed E-state index contributed by atoms with van der Waals surface area (Å²) in [6.07, 6.45) is 5.23. The highest BCUT2D eigenvalue weighted by atomic mass is 14.9. The molecule has 2 aliphatic rings. The molecule has 2 N–H and O–H groups in total. The van der Waals surface area contributed by atoms with E-state index in [1.54, 1.807) is 0 Å². The van der Waals surface area contributed by atoms with Gasteiger partial charge in [0.05, 0.1) is 0 Å². The van der Waals surface area contributed by atoms with Gasteiger partial charge in [-0.2, -0.15) is 0 Å². The molecule has 2 atom stereocenters. The van der Waals surface area contributed by atoms with E-state index in [1.165, 1.54) is 30.4 Å². The van der Waals surface area contributed by atoms with Crippen molar-refractivity contribution in [1.29, 1.82) is 0 Å². The average Bonchev–Trinajstić information content (AvgIpc) is 2.63. The van der Waals surface area contributed by atoms with Crippen LogP contribution in [0.5, 0.6) is 0 Å². The van der Waals surface area contributed by atoms with Gasteiger partial charge in [-0.05, 0) is 43.6 Å². The Kier molecular flexibility index (Phi) is 1.93. The minimum atomic E-state index is 0.159. The quantitative estimate of drug-likeness (QED) is 0.782. The van der Waals surface area contributed by atoms with Crippen LogP contribution in [0, 0.1) is 18.8 Å². The fourth-order valence-corrected chi connectivity index (χ4v) is 3.56. The van der Waals surface area contributed by atoms with Crippen LogP contribution in [0.3, 0.4) is 0 Å². The van der Waals surface area contributed by atoms with Crippen molar-refractivity contribution in [2.24, 2.45) is 17.6 Å². The summed E-state index contributed by atoms with van der Waals surface area (Å²) in [6.45, 7) is 2.15. The van der Waals surface area contributed by atoms with E-state index in [2.05, 4.69) is 31.2 Å². The summed E-state index contributed by atoms with van der Waals surface area (Å²) in [5.74, 6) is 1.66. The van der Waals surface area contributed by atoms with E-state index < -0.39 is 0 Å². The number of hydrogen-bond acceptors (Lipinski definition) is 1. The second kappa shape index (κ2) is 3.08. The van der Waals surface area contributed by atoms with Gasteiger partial charge in [0.25, 0.3) is 0 Å². The van der Waals surface area contributed by atoms with E-state index in [0.717, 1.165) is 18.3 Å². The molecular formula is C14H19N. The van der Waals surface area contributed by atoms with Gasteiger partial charge in [0, 0.05) is 5.54 Å². The maximum atomic E-state index is 6.48. The van der Waals surface area contributed by atoms with Gasteiger partial charge in [-0.3, -0.25) is 0 Å². The SMILES string of the molecule is Cc1cccc(CC2(N)C3CCCC32)c1. The minimum absolute atomic E-state index is 0.159. The molecule has 0 aliphatic heterocycles. The van der Waals surface area contributed by atoms with Crippen molar-refractivity contribution in [2.75, 3.05) is 0 Å². The van der Waals surface area contributed by atoms with Crippen LogP contribution >= 0.6 is 0 Å². The van der Waals surface area contributed by atoms with Crippen molar-refractivity contribution in [3.8, 4) is 0 Å². The molecule has 1 aromatic rings. The van der Waals surface area contributed by atoms with Crippen LogP contribution < -0.4 is 5.73 Å². The van der Waals surface area contributed by atoms with Gasteiger partial charge >= 0.3 is 0 Å². The molecule has 0 amide bonds. The Morgan fingerprint density at radius 2 is 2.07 bits per heavy atom. The van der Waals surface area contributed by atoms with Crippen molar-refractivity contribution in [3.63, 3.8) is 0 Å². The lowest BCUT2D eigenvalue weighted by molar-refractivity contribution is 0.501. The molecule has 1 aromatic carbocycles. The Morgan fingerprint density at radius 1 is 1.33 bits per heavy atom. The standard InChI is InChI=1S/C14H19N/c1-10-4-2-5-11(8-10)9-14(15)12-6-3-7-13(12)14/h2,4-5,8,12-13H,3,6-7,9,15H2,1H3. The van der Waals surface area contributed by atoms with Gasteiger partial charge in [-0.1, -0.05) is 36.2 Å². The molecule has 2 unspecified atom stereocenters. The van der Waals surface area contributed by atoms with Crippen LogP contribution in [0.4, 0.5) is 0 Å². The molecule has 2 fully saturated rings. The van der Waals surface area contributed by atoms with E-state index in [1.807, 2.05) is 0 Å². The first-order valence-electron chi connectivity index (χ1n) is 6.04. The molecule has 0 aromatic heterocycles. The smallest absolute Gasteiger partial charge is 0.0259 e. The molecule has 0 radical (unpaired) electrons. The second-order valence-corrected chi connectivity index (χ2v) is 5.42. The summed E-state index contributed by atoms with van der Waals surface area (Å²) in [4.78, 5) is 0. The first kappa shape index (κ1) is 9.41. The zero-order valence-corrected chi connectivity index (χ0v) is 9.37. The van der Waals surface area contributed by atoms with E-state index in [-0.39, 0.29) is 5.54 Å². The van der Waals surface area contributed by atoms with Crippen LogP contribution in [0.2, 0.25) is 0 Å². The summed E-state index contributed by atoms with van der Waals surface area (Å²) in [5, 5.41) is 0. The monoisotopic (exact) mass is 201 g/mol. The molecule has 15 heavy (non-hydrogen) atoms. The Bertz CT molecular complexity index is 373. The molecule has 0 spiro atoms. The predicted molar refractivity (Wildman–Crippen MR) is 62.6 cm³/mol. The lowest BCUT2D eigenvalue weighted by Gasteiger charge is -2.15. The number of nitrogens with two attached hydrogens (primary N) is 1. The van der Waals surface area contributed by atoms with Crippen molar-refractivity contribution in [3.05, 3.63) is 35.4 Å². The van der Waals surface area contributed by atoms with Crippen molar-refractivity contribution < 1.29 is 0 Å². The van der Waals surface area contributed by atoms with Crippen LogP contribution in [0.15, 0.2) is 24.3 Å². The van der Waals surface area contributed by atoms with E-state index in [0.29, 0.717) is 0 Å². The average molecular weight is 201 g/mol. The molecule has 2 saturated carbocycles. The molecule has 1 heteroatoms. The Balaban J connectivity index is 1.76. The third-order valence-corrected chi connectivity index (χ3v) is 4.38. The molecule has 0 bridgehead atoms. The topological polar surface area (TPSA) is 26.0 Å². The van der Waals surface area contributed by atoms with Gasteiger partial charge in [0.1, 0.15) is 0 Å². The molecule has 0 saturated heterocycles. The summed E-state index contributed by atoms with van der Waals surface area (Å²) in [7, 11) is 0. The van der Waals surface area contributed by atoms with Gasteiger partial charge in [0.2, 0.25) is 0 Å². The van der Waals surface area contributed by atoms with Gasteiger partial charge < -0.3 is 5.73 Å². The number of aryl methyl sites for hydroxylation is 1. The van der Waals surface area contributed by atoms with Gasteiger partial charge in [-0.25, -0.2) is 0 Å². The molecular weight excluding hydrogens is 182 g/mol. The maximum Gasteiger partial charge on any atom is 0.0259 e. The zero-order chi connectivity index (χ0) is 10.5. The summed E-state index contributed by atoms with van der Waals surface area (Å²) >= 11 is 0. The zero-order valence-electron chi connectivity index (χ0n) is 9.37. The molecule has 1 nitrogen and oxygen atoms in total. The lowest BCUT2D eigenvalue weighted by Crippen LogP contribution is -2.31. The van der Waals surface area contributed by atoms with Crippen LogP contribution in [0.1, 0.15) is 30.4 Å². The third kappa shape index (κ3) is 1.41. The summed E-state index contributed by atoms with van der Waals surface area (Å²) in [5.41, 5.74) is 9.41. The van der Waals surface area contributed by atoms with Crippen molar-refractivity contribution in [1.82, 2.24) is 0 Å². The number of hydrogen-bond donors (Lipinski definition) is 1. The Morgan fingerprint density at radius 3 is 2.73 bits per heavy atom. The van der Waals surface area contributed by atoms with Crippen LogP contribution in [-0.2, 0) is 6.42 Å². The first-order valence-corrected chi connectivity index (χ1v) is 6.04. The van der Waals surface area contributed by atoms with Gasteiger partial charge in [-0.15, -0.1) is 0 Å². The van der Waals surface area contributed by atoms with Crippen molar-refractivity contribution in [2.45, 2.75) is 38.1 Å². The normalized spacial score (nSPS) is 37.7. The number of rotatable bonds is 2. The van der Waals surface area contributed by atoms with Crippen LogP contribution in [-0.4, -0.2) is 5.54 Å². The lowest BCUT2D eigenvalue weighted by atomic mass is 9.96.